The highest BCUT2D eigenvalue weighted by Gasteiger charge is 2.29. The molecular formula is C12H16N4O3. The number of amides is 1. The predicted molar refractivity (Wildman–Crippen MR) is 69.7 cm³/mol. The van der Waals surface area contributed by atoms with Gasteiger partial charge in [-0.05, 0) is 18.9 Å². The van der Waals surface area contributed by atoms with Gasteiger partial charge in [0.2, 0.25) is 0 Å². The molecule has 1 aromatic rings. The number of carbonyl (C=O) groups excluding carboxylic acids is 1. The monoisotopic (exact) mass is 264 g/mol. The second kappa shape index (κ2) is 5.21. The van der Waals surface area contributed by atoms with Gasteiger partial charge in [0, 0.05) is 13.1 Å². The van der Waals surface area contributed by atoms with E-state index in [-0.39, 0.29) is 29.0 Å². The zero-order chi connectivity index (χ0) is 14.0. The Morgan fingerprint density at radius 1 is 1.53 bits per heavy atom. The van der Waals surface area contributed by atoms with E-state index in [9.17, 15) is 14.9 Å². The van der Waals surface area contributed by atoms with Gasteiger partial charge in [-0.15, -0.1) is 0 Å². The third-order valence-corrected chi connectivity index (χ3v) is 3.52. The van der Waals surface area contributed by atoms with E-state index in [4.69, 9.17) is 5.73 Å². The van der Waals surface area contributed by atoms with E-state index in [0.717, 1.165) is 31.9 Å². The summed E-state index contributed by atoms with van der Waals surface area (Å²) in [6.07, 6.45) is 5.09. The van der Waals surface area contributed by atoms with Crippen LogP contribution in [-0.2, 0) is 0 Å². The Kier molecular flexibility index (Phi) is 3.64. The quantitative estimate of drug-likeness (QED) is 0.659. The van der Waals surface area contributed by atoms with E-state index < -0.39 is 4.92 Å². The molecule has 1 heterocycles. The van der Waals surface area contributed by atoms with Gasteiger partial charge < -0.3 is 10.6 Å². The minimum atomic E-state index is -0.609. The van der Waals surface area contributed by atoms with Gasteiger partial charge in [0.15, 0.2) is 0 Å². The minimum Gasteiger partial charge on any atom is -0.384 e. The molecule has 0 atom stereocenters. The molecule has 0 spiro atoms. The first-order valence-electron chi connectivity index (χ1n) is 6.17. The summed E-state index contributed by atoms with van der Waals surface area (Å²) in [6.45, 7) is 0. The maximum atomic E-state index is 12.3. The smallest absolute Gasteiger partial charge is 0.300 e. The third kappa shape index (κ3) is 2.64. The number of pyridine rings is 1. The largest absolute Gasteiger partial charge is 0.384 e. The van der Waals surface area contributed by atoms with Crippen molar-refractivity contribution < 1.29 is 9.72 Å². The van der Waals surface area contributed by atoms with Crippen LogP contribution in [0.2, 0.25) is 0 Å². The number of hydrogen-bond acceptors (Lipinski definition) is 5. The molecule has 1 aliphatic rings. The van der Waals surface area contributed by atoms with Crippen LogP contribution in [0.4, 0.5) is 11.5 Å². The SMILES string of the molecule is CN(C(=O)c1cc(N)ncc1[N+](=O)[O-])C1CCCC1. The van der Waals surface area contributed by atoms with Crippen LogP contribution in [0.3, 0.4) is 0 Å². The molecule has 0 aromatic carbocycles. The van der Waals surface area contributed by atoms with Crippen molar-refractivity contribution in [3.05, 3.63) is 27.9 Å². The van der Waals surface area contributed by atoms with Crippen LogP contribution in [-0.4, -0.2) is 33.8 Å². The second-order valence-corrected chi connectivity index (χ2v) is 4.74. The summed E-state index contributed by atoms with van der Waals surface area (Å²) in [5, 5.41) is 10.9. The molecule has 1 aromatic heterocycles. The van der Waals surface area contributed by atoms with Crippen LogP contribution < -0.4 is 5.73 Å². The summed E-state index contributed by atoms with van der Waals surface area (Å²) in [6, 6.07) is 1.42. The molecule has 1 fully saturated rings. The van der Waals surface area contributed by atoms with E-state index in [1.54, 1.807) is 11.9 Å². The Labute approximate surface area is 110 Å². The van der Waals surface area contributed by atoms with Gasteiger partial charge in [-0.2, -0.15) is 0 Å². The lowest BCUT2D eigenvalue weighted by atomic mass is 10.1. The topological polar surface area (TPSA) is 102 Å². The highest BCUT2D eigenvalue weighted by Crippen LogP contribution is 2.26. The van der Waals surface area contributed by atoms with Crippen LogP contribution >= 0.6 is 0 Å². The molecule has 2 rings (SSSR count). The highest BCUT2D eigenvalue weighted by molar-refractivity contribution is 5.98. The number of anilines is 1. The average Bonchev–Trinajstić information content (AvgIpc) is 2.90. The molecule has 1 aliphatic carbocycles. The summed E-state index contributed by atoms with van der Waals surface area (Å²) >= 11 is 0. The van der Waals surface area contributed by atoms with Crippen molar-refractivity contribution in [1.82, 2.24) is 9.88 Å². The van der Waals surface area contributed by atoms with Crippen LogP contribution in [0, 0.1) is 10.1 Å². The van der Waals surface area contributed by atoms with Gasteiger partial charge in [0.05, 0.1) is 4.92 Å². The van der Waals surface area contributed by atoms with Gasteiger partial charge in [0.1, 0.15) is 17.6 Å². The Morgan fingerprint density at radius 2 is 2.16 bits per heavy atom. The number of rotatable bonds is 3. The Balaban J connectivity index is 2.31. The maximum Gasteiger partial charge on any atom is 0.300 e. The molecule has 19 heavy (non-hydrogen) atoms. The van der Waals surface area contributed by atoms with Crippen molar-refractivity contribution in [1.29, 1.82) is 0 Å². The van der Waals surface area contributed by atoms with Crippen LogP contribution in [0.15, 0.2) is 12.3 Å². The molecule has 7 nitrogen and oxygen atoms in total. The molecule has 0 aliphatic heterocycles. The number of carbonyl (C=O) groups is 1. The number of nitro groups is 1. The first-order valence-corrected chi connectivity index (χ1v) is 6.17. The number of aromatic nitrogens is 1. The van der Waals surface area contributed by atoms with Crippen molar-refractivity contribution in [2.45, 2.75) is 31.7 Å². The van der Waals surface area contributed by atoms with Gasteiger partial charge in [-0.1, -0.05) is 12.8 Å². The van der Waals surface area contributed by atoms with E-state index in [1.165, 1.54) is 6.07 Å². The molecular weight excluding hydrogens is 248 g/mol. The molecule has 102 valence electrons. The number of nitrogens with two attached hydrogens (primary N) is 1. The summed E-state index contributed by atoms with van der Waals surface area (Å²) in [5.41, 5.74) is 5.22. The lowest BCUT2D eigenvalue weighted by Gasteiger charge is -2.24. The zero-order valence-corrected chi connectivity index (χ0v) is 10.7. The molecule has 1 saturated carbocycles. The fourth-order valence-corrected chi connectivity index (χ4v) is 2.43. The van der Waals surface area contributed by atoms with Gasteiger partial charge in [-0.25, -0.2) is 4.98 Å². The lowest BCUT2D eigenvalue weighted by molar-refractivity contribution is -0.385. The van der Waals surface area contributed by atoms with Gasteiger partial charge in [0.25, 0.3) is 11.6 Å². The fourth-order valence-electron chi connectivity index (χ4n) is 2.43. The van der Waals surface area contributed by atoms with Gasteiger partial charge in [-0.3, -0.25) is 14.9 Å². The van der Waals surface area contributed by atoms with Crippen molar-refractivity contribution in [3.8, 4) is 0 Å². The number of hydrogen-bond donors (Lipinski definition) is 1. The normalized spacial score (nSPS) is 15.4. The van der Waals surface area contributed by atoms with E-state index in [0.29, 0.717) is 0 Å². The van der Waals surface area contributed by atoms with E-state index in [1.807, 2.05) is 0 Å². The molecule has 7 heteroatoms. The molecule has 2 N–H and O–H groups in total. The number of nitrogens with zero attached hydrogens (tertiary/aromatic N) is 3. The van der Waals surface area contributed by atoms with E-state index in [2.05, 4.69) is 4.98 Å². The van der Waals surface area contributed by atoms with Crippen LogP contribution in [0.1, 0.15) is 36.0 Å². The van der Waals surface area contributed by atoms with Crippen molar-refractivity contribution >= 4 is 17.4 Å². The Morgan fingerprint density at radius 3 is 2.74 bits per heavy atom. The third-order valence-electron chi connectivity index (χ3n) is 3.52. The highest BCUT2D eigenvalue weighted by atomic mass is 16.6. The summed E-state index contributed by atoms with van der Waals surface area (Å²) in [7, 11) is 1.68. The molecule has 1 amide bonds. The predicted octanol–water partition coefficient (Wildman–Crippen LogP) is 1.59. The average molecular weight is 264 g/mol. The molecule has 0 saturated heterocycles. The van der Waals surface area contributed by atoms with Gasteiger partial charge >= 0.3 is 0 Å². The van der Waals surface area contributed by atoms with E-state index >= 15 is 0 Å². The maximum absolute atomic E-state index is 12.3. The Bertz CT molecular complexity index is 512. The summed E-state index contributed by atoms with van der Waals surface area (Å²) < 4.78 is 0. The zero-order valence-electron chi connectivity index (χ0n) is 10.7. The lowest BCUT2D eigenvalue weighted by Crippen LogP contribution is -2.35. The molecule has 0 unspecified atom stereocenters. The fraction of sp³-hybridized carbons (Fsp3) is 0.500. The second-order valence-electron chi connectivity index (χ2n) is 4.74. The Hall–Kier alpha value is -2.18. The summed E-state index contributed by atoms with van der Waals surface area (Å²) in [4.78, 5) is 27.9. The number of nitrogen functional groups attached to an aromatic ring is 1. The summed E-state index contributed by atoms with van der Waals surface area (Å²) in [5.74, 6) is -0.263. The standard InChI is InChI=1S/C12H16N4O3/c1-15(8-4-2-3-5-8)12(17)9-6-11(13)14-7-10(9)16(18)19/h6-8H,2-5H2,1H3,(H2,13,14). The van der Waals surface area contributed by atoms with Crippen molar-refractivity contribution in [3.63, 3.8) is 0 Å². The van der Waals surface area contributed by atoms with Crippen molar-refractivity contribution in [2.24, 2.45) is 0 Å². The first kappa shape index (κ1) is 13.3. The molecule has 0 bridgehead atoms. The van der Waals surface area contributed by atoms with Crippen LogP contribution in [0.5, 0.6) is 0 Å². The molecule has 0 radical (unpaired) electrons. The first-order chi connectivity index (χ1) is 9.00. The van der Waals surface area contributed by atoms with Crippen LogP contribution in [0.25, 0.3) is 0 Å². The van der Waals surface area contributed by atoms with Crippen molar-refractivity contribution in [2.75, 3.05) is 12.8 Å². The minimum absolute atomic E-state index is 0.00639.